The number of amides is 1. The van der Waals surface area contributed by atoms with Gasteiger partial charge in [0.1, 0.15) is 10.1 Å². The highest BCUT2D eigenvalue weighted by Crippen LogP contribution is 2.16. The second-order valence-corrected chi connectivity index (χ2v) is 4.87. The molecular formula is C14H9BrN4O. The third kappa shape index (κ3) is 2.50. The lowest BCUT2D eigenvalue weighted by Crippen LogP contribution is -2.13. The van der Waals surface area contributed by atoms with Gasteiger partial charge in [0.2, 0.25) is 0 Å². The molecule has 0 radical (unpaired) electrons. The van der Waals surface area contributed by atoms with E-state index in [0.29, 0.717) is 26.9 Å². The molecule has 0 aliphatic heterocycles. The zero-order valence-electron chi connectivity index (χ0n) is 10.2. The lowest BCUT2D eigenvalue weighted by atomic mass is 10.1. The molecule has 3 aromatic rings. The van der Waals surface area contributed by atoms with Crippen molar-refractivity contribution in [3.63, 3.8) is 0 Å². The van der Waals surface area contributed by atoms with E-state index in [1.165, 1.54) is 0 Å². The van der Waals surface area contributed by atoms with Crippen molar-refractivity contribution in [1.29, 1.82) is 0 Å². The van der Waals surface area contributed by atoms with Crippen molar-refractivity contribution in [2.45, 2.75) is 0 Å². The summed E-state index contributed by atoms with van der Waals surface area (Å²) in [5, 5.41) is 2.79. The van der Waals surface area contributed by atoms with Crippen LogP contribution in [0.15, 0.2) is 53.5 Å². The number of benzene rings is 1. The quantitative estimate of drug-likeness (QED) is 0.734. The number of aromatic nitrogens is 3. The number of pyridine rings is 1. The van der Waals surface area contributed by atoms with Crippen LogP contribution in [0.4, 0.5) is 5.69 Å². The van der Waals surface area contributed by atoms with Crippen LogP contribution < -0.4 is 5.32 Å². The molecule has 98 valence electrons. The molecule has 5 nitrogen and oxygen atoms in total. The minimum absolute atomic E-state index is 0.236. The molecule has 2 heterocycles. The Hall–Kier alpha value is -2.34. The van der Waals surface area contributed by atoms with Crippen molar-refractivity contribution in [2.24, 2.45) is 0 Å². The summed E-state index contributed by atoms with van der Waals surface area (Å²) in [4.78, 5) is 24.8. The molecule has 1 N–H and O–H groups in total. The fraction of sp³-hybridized carbons (Fsp3) is 0. The van der Waals surface area contributed by atoms with E-state index >= 15 is 0 Å². The first-order valence-electron chi connectivity index (χ1n) is 5.87. The van der Waals surface area contributed by atoms with Gasteiger partial charge in [0, 0.05) is 12.4 Å². The molecule has 0 atom stereocenters. The van der Waals surface area contributed by atoms with E-state index in [4.69, 9.17) is 0 Å². The van der Waals surface area contributed by atoms with E-state index in [9.17, 15) is 4.79 Å². The van der Waals surface area contributed by atoms with Crippen molar-refractivity contribution < 1.29 is 4.79 Å². The average Bonchev–Trinajstić information content (AvgIpc) is 2.49. The first kappa shape index (κ1) is 12.7. The van der Waals surface area contributed by atoms with E-state index in [2.05, 4.69) is 36.2 Å². The van der Waals surface area contributed by atoms with Crippen LogP contribution in [0.3, 0.4) is 0 Å². The summed E-state index contributed by atoms with van der Waals surface area (Å²) in [6.07, 6.45) is 4.75. The van der Waals surface area contributed by atoms with Crippen LogP contribution in [0.2, 0.25) is 0 Å². The maximum Gasteiger partial charge on any atom is 0.257 e. The van der Waals surface area contributed by atoms with Crippen LogP contribution in [0.25, 0.3) is 11.0 Å². The van der Waals surface area contributed by atoms with Crippen molar-refractivity contribution in [2.75, 3.05) is 5.32 Å². The highest BCUT2D eigenvalue weighted by atomic mass is 79.9. The number of carbonyl (C=O) groups is 1. The molecule has 0 saturated carbocycles. The monoisotopic (exact) mass is 328 g/mol. The molecule has 1 aromatic carbocycles. The number of anilines is 1. The standard InChI is InChI=1S/C14H9BrN4O/c15-12-5-4-9(8-18-12)19-14(20)10-2-1-3-11-13(10)17-7-6-16-11/h1-8H,(H,19,20). The van der Waals surface area contributed by atoms with Crippen LogP contribution in [-0.4, -0.2) is 20.9 Å². The summed E-state index contributed by atoms with van der Waals surface area (Å²) in [7, 11) is 0. The van der Waals surface area contributed by atoms with Gasteiger partial charge in [0.25, 0.3) is 5.91 Å². The van der Waals surface area contributed by atoms with Crippen LogP contribution in [0.1, 0.15) is 10.4 Å². The molecule has 20 heavy (non-hydrogen) atoms. The van der Waals surface area contributed by atoms with E-state index in [-0.39, 0.29) is 5.91 Å². The second kappa shape index (κ2) is 5.34. The van der Waals surface area contributed by atoms with Crippen molar-refractivity contribution in [3.05, 3.63) is 59.1 Å². The number of hydrogen-bond acceptors (Lipinski definition) is 4. The Labute approximate surface area is 123 Å². The largest absolute Gasteiger partial charge is 0.321 e. The molecule has 6 heteroatoms. The number of para-hydroxylation sites is 1. The molecule has 0 bridgehead atoms. The smallest absolute Gasteiger partial charge is 0.257 e. The number of hydrogen-bond donors (Lipinski definition) is 1. The highest BCUT2D eigenvalue weighted by Gasteiger charge is 2.11. The fourth-order valence-electron chi connectivity index (χ4n) is 1.82. The summed E-state index contributed by atoms with van der Waals surface area (Å²) < 4.78 is 0.714. The number of fused-ring (bicyclic) bond motifs is 1. The SMILES string of the molecule is O=C(Nc1ccc(Br)nc1)c1cccc2nccnc12. The van der Waals surface area contributed by atoms with Gasteiger partial charge >= 0.3 is 0 Å². The Morgan fingerprint density at radius 3 is 2.70 bits per heavy atom. The summed E-state index contributed by atoms with van der Waals surface area (Å²) in [5.74, 6) is -0.236. The Bertz CT molecular complexity index is 768. The first-order valence-corrected chi connectivity index (χ1v) is 6.66. The number of halogens is 1. The number of carbonyl (C=O) groups excluding carboxylic acids is 1. The van der Waals surface area contributed by atoms with Crippen molar-refractivity contribution in [1.82, 2.24) is 15.0 Å². The Morgan fingerprint density at radius 2 is 1.90 bits per heavy atom. The topological polar surface area (TPSA) is 67.8 Å². The van der Waals surface area contributed by atoms with Gasteiger partial charge in [0.05, 0.1) is 23.0 Å². The summed E-state index contributed by atoms with van der Waals surface area (Å²) in [6.45, 7) is 0. The molecular weight excluding hydrogens is 320 g/mol. The molecule has 0 fully saturated rings. The summed E-state index contributed by atoms with van der Waals surface area (Å²) in [6, 6.07) is 8.86. The van der Waals surface area contributed by atoms with Gasteiger partial charge in [-0.05, 0) is 40.2 Å². The molecule has 0 unspecified atom stereocenters. The minimum atomic E-state index is -0.236. The third-order valence-electron chi connectivity index (χ3n) is 2.73. The van der Waals surface area contributed by atoms with Crippen LogP contribution in [0.5, 0.6) is 0 Å². The van der Waals surface area contributed by atoms with Gasteiger partial charge in [-0.25, -0.2) is 4.98 Å². The first-order chi connectivity index (χ1) is 9.74. The third-order valence-corrected chi connectivity index (χ3v) is 3.20. The normalized spacial score (nSPS) is 10.4. The summed E-state index contributed by atoms with van der Waals surface area (Å²) >= 11 is 3.25. The number of rotatable bonds is 2. The van der Waals surface area contributed by atoms with Gasteiger partial charge in [-0.1, -0.05) is 6.07 Å². The van der Waals surface area contributed by atoms with Crippen molar-refractivity contribution >= 4 is 38.6 Å². The maximum absolute atomic E-state index is 12.3. The van der Waals surface area contributed by atoms with Gasteiger partial charge in [-0.3, -0.25) is 14.8 Å². The molecule has 0 aliphatic rings. The van der Waals surface area contributed by atoms with Gasteiger partial charge in [-0.15, -0.1) is 0 Å². The van der Waals surface area contributed by atoms with E-state index in [1.54, 1.807) is 42.9 Å². The Morgan fingerprint density at radius 1 is 1.05 bits per heavy atom. The second-order valence-electron chi connectivity index (χ2n) is 4.05. The van der Waals surface area contributed by atoms with E-state index in [0.717, 1.165) is 0 Å². The maximum atomic E-state index is 12.3. The van der Waals surface area contributed by atoms with Gasteiger partial charge in [-0.2, -0.15) is 0 Å². The molecule has 1 amide bonds. The number of nitrogens with zero attached hydrogens (tertiary/aromatic N) is 3. The van der Waals surface area contributed by atoms with Crippen LogP contribution in [0, 0.1) is 0 Å². The van der Waals surface area contributed by atoms with Crippen LogP contribution >= 0.6 is 15.9 Å². The minimum Gasteiger partial charge on any atom is -0.321 e. The average molecular weight is 329 g/mol. The van der Waals surface area contributed by atoms with E-state index < -0.39 is 0 Å². The molecule has 0 spiro atoms. The highest BCUT2D eigenvalue weighted by molar-refractivity contribution is 9.10. The molecule has 0 aliphatic carbocycles. The predicted molar refractivity (Wildman–Crippen MR) is 79.4 cm³/mol. The Balaban J connectivity index is 1.94. The van der Waals surface area contributed by atoms with Gasteiger partial charge < -0.3 is 5.32 Å². The van der Waals surface area contributed by atoms with Crippen LogP contribution in [-0.2, 0) is 0 Å². The molecule has 0 saturated heterocycles. The van der Waals surface area contributed by atoms with E-state index in [1.807, 2.05) is 6.07 Å². The fourth-order valence-corrected chi connectivity index (χ4v) is 2.06. The lowest BCUT2D eigenvalue weighted by molar-refractivity contribution is 0.102. The molecule has 3 rings (SSSR count). The number of nitrogens with one attached hydrogen (secondary N) is 1. The zero-order chi connectivity index (χ0) is 13.9. The zero-order valence-corrected chi connectivity index (χ0v) is 11.8. The van der Waals surface area contributed by atoms with Crippen molar-refractivity contribution in [3.8, 4) is 0 Å². The summed E-state index contributed by atoms with van der Waals surface area (Å²) in [5.41, 5.74) is 2.38. The molecule has 2 aromatic heterocycles. The Kier molecular flexibility index (Phi) is 3.39. The lowest BCUT2D eigenvalue weighted by Gasteiger charge is -2.06. The van der Waals surface area contributed by atoms with Gasteiger partial charge in [0.15, 0.2) is 0 Å². The predicted octanol–water partition coefficient (Wildman–Crippen LogP) is 3.04.